The Morgan fingerprint density at radius 2 is 1.73 bits per heavy atom. The van der Waals surface area contributed by atoms with Gasteiger partial charge in [-0.15, -0.1) is 0 Å². The molecule has 7 heteroatoms. The normalized spacial score (nSPS) is 11.4. The second-order valence-corrected chi connectivity index (χ2v) is 5.95. The van der Waals surface area contributed by atoms with E-state index in [1.54, 1.807) is 36.4 Å². The zero-order valence-electron chi connectivity index (χ0n) is 14.5. The SMILES string of the molecule is COc1ccc(Cl)cc1C(=O)O[C@H](C)C(=O)Nc1ccc(C(C)=O)cc1. The Bertz CT molecular complexity index is 832. The number of amides is 1. The van der Waals surface area contributed by atoms with Crippen LogP contribution in [-0.2, 0) is 9.53 Å². The van der Waals surface area contributed by atoms with Gasteiger partial charge in [0.2, 0.25) is 0 Å². The molecule has 0 heterocycles. The number of carbonyl (C=O) groups excluding carboxylic acids is 3. The summed E-state index contributed by atoms with van der Waals surface area (Å²) >= 11 is 5.89. The minimum atomic E-state index is -1.04. The summed E-state index contributed by atoms with van der Waals surface area (Å²) in [6, 6.07) is 10.9. The Hall–Kier alpha value is -2.86. The van der Waals surface area contributed by atoms with Crippen molar-refractivity contribution in [3.8, 4) is 5.75 Å². The molecule has 2 rings (SSSR count). The van der Waals surface area contributed by atoms with Gasteiger partial charge in [0.25, 0.3) is 5.91 Å². The maximum atomic E-state index is 12.3. The molecule has 2 aromatic carbocycles. The van der Waals surface area contributed by atoms with Gasteiger partial charge in [0.1, 0.15) is 11.3 Å². The molecular weight excluding hydrogens is 358 g/mol. The molecule has 0 radical (unpaired) electrons. The van der Waals surface area contributed by atoms with Gasteiger partial charge in [-0.05, 0) is 56.3 Å². The van der Waals surface area contributed by atoms with Crippen LogP contribution in [0.1, 0.15) is 34.6 Å². The van der Waals surface area contributed by atoms with Crippen molar-refractivity contribution in [3.05, 3.63) is 58.6 Å². The second-order valence-electron chi connectivity index (χ2n) is 5.51. The second kappa shape index (κ2) is 8.49. The summed E-state index contributed by atoms with van der Waals surface area (Å²) in [6.45, 7) is 2.91. The van der Waals surface area contributed by atoms with Crippen molar-refractivity contribution < 1.29 is 23.9 Å². The highest BCUT2D eigenvalue weighted by Gasteiger charge is 2.22. The van der Waals surface area contributed by atoms with E-state index in [2.05, 4.69) is 5.32 Å². The summed E-state index contributed by atoms with van der Waals surface area (Å²) in [5.41, 5.74) is 1.16. The number of ether oxygens (including phenoxy) is 2. The third kappa shape index (κ3) is 4.83. The third-order valence-corrected chi connectivity index (χ3v) is 3.83. The van der Waals surface area contributed by atoms with Crippen LogP contribution in [0.25, 0.3) is 0 Å². The molecule has 0 bridgehead atoms. The topological polar surface area (TPSA) is 81.7 Å². The van der Waals surface area contributed by atoms with E-state index in [1.807, 2.05) is 0 Å². The number of benzene rings is 2. The number of rotatable bonds is 6. The standard InChI is InChI=1S/C19H18ClNO5/c1-11(22)13-4-7-15(8-5-13)21-18(23)12(2)26-19(24)16-10-14(20)6-9-17(16)25-3/h4-10,12H,1-3H3,(H,21,23)/t12-/m1/s1. The maximum Gasteiger partial charge on any atom is 0.342 e. The number of nitrogens with one attached hydrogen (secondary N) is 1. The molecular formula is C19H18ClNO5. The lowest BCUT2D eigenvalue weighted by atomic mass is 10.1. The van der Waals surface area contributed by atoms with Crippen LogP contribution in [0.3, 0.4) is 0 Å². The Kier molecular flexibility index (Phi) is 6.36. The van der Waals surface area contributed by atoms with Crippen LogP contribution in [0.2, 0.25) is 5.02 Å². The molecule has 6 nitrogen and oxygen atoms in total. The molecule has 0 fully saturated rings. The van der Waals surface area contributed by atoms with Gasteiger partial charge in [-0.25, -0.2) is 4.79 Å². The predicted molar refractivity (Wildman–Crippen MR) is 98.0 cm³/mol. The Morgan fingerprint density at radius 3 is 2.31 bits per heavy atom. The van der Waals surface area contributed by atoms with Crippen LogP contribution in [-0.4, -0.2) is 30.9 Å². The molecule has 0 unspecified atom stereocenters. The third-order valence-electron chi connectivity index (χ3n) is 3.59. The summed E-state index contributed by atoms with van der Waals surface area (Å²) in [4.78, 5) is 35.7. The van der Waals surface area contributed by atoms with E-state index in [0.717, 1.165) is 0 Å². The fourth-order valence-electron chi connectivity index (χ4n) is 2.15. The van der Waals surface area contributed by atoms with Crippen LogP contribution >= 0.6 is 11.6 Å². The van der Waals surface area contributed by atoms with E-state index >= 15 is 0 Å². The van der Waals surface area contributed by atoms with Crippen molar-refractivity contribution in [1.29, 1.82) is 0 Å². The Labute approximate surface area is 156 Å². The molecule has 0 saturated heterocycles. The molecule has 136 valence electrons. The van der Waals surface area contributed by atoms with Gasteiger partial charge in [-0.2, -0.15) is 0 Å². The maximum absolute atomic E-state index is 12.3. The monoisotopic (exact) mass is 375 g/mol. The van der Waals surface area contributed by atoms with Crippen LogP contribution in [0, 0.1) is 0 Å². The summed E-state index contributed by atoms with van der Waals surface area (Å²) in [7, 11) is 1.42. The average molecular weight is 376 g/mol. The lowest BCUT2D eigenvalue weighted by Gasteiger charge is -2.15. The van der Waals surface area contributed by atoms with Crippen molar-refractivity contribution in [1.82, 2.24) is 0 Å². The minimum absolute atomic E-state index is 0.0688. The minimum Gasteiger partial charge on any atom is -0.496 e. The van der Waals surface area contributed by atoms with Crippen molar-refractivity contribution in [2.45, 2.75) is 20.0 Å². The van der Waals surface area contributed by atoms with Gasteiger partial charge in [0.15, 0.2) is 11.9 Å². The van der Waals surface area contributed by atoms with Crippen molar-refractivity contribution in [2.24, 2.45) is 0 Å². The smallest absolute Gasteiger partial charge is 0.342 e. The highest BCUT2D eigenvalue weighted by Crippen LogP contribution is 2.24. The first kappa shape index (κ1) is 19.5. The zero-order valence-corrected chi connectivity index (χ0v) is 15.3. The molecule has 1 N–H and O–H groups in total. The summed E-state index contributed by atoms with van der Waals surface area (Å²) in [5, 5.41) is 2.97. The molecule has 0 aliphatic rings. The Balaban J connectivity index is 2.03. The van der Waals surface area contributed by atoms with Crippen LogP contribution in [0.15, 0.2) is 42.5 Å². The molecule has 0 aromatic heterocycles. The lowest BCUT2D eigenvalue weighted by molar-refractivity contribution is -0.123. The molecule has 0 aliphatic carbocycles. The first-order valence-electron chi connectivity index (χ1n) is 7.78. The lowest BCUT2D eigenvalue weighted by Crippen LogP contribution is -2.30. The number of ketones is 1. The van der Waals surface area contributed by atoms with Gasteiger partial charge < -0.3 is 14.8 Å². The fourth-order valence-corrected chi connectivity index (χ4v) is 2.32. The summed E-state index contributed by atoms with van der Waals surface area (Å²) < 4.78 is 10.3. The number of hydrogen-bond acceptors (Lipinski definition) is 5. The molecule has 0 saturated carbocycles. The van der Waals surface area contributed by atoms with E-state index < -0.39 is 18.0 Å². The van der Waals surface area contributed by atoms with Gasteiger partial charge >= 0.3 is 5.97 Å². The molecule has 1 atom stereocenters. The van der Waals surface area contributed by atoms with Gasteiger partial charge in [0, 0.05) is 16.3 Å². The number of carbonyl (C=O) groups is 3. The van der Waals surface area contributed by atoms with E-state index in [0.29, 0.717) is 22.0 Å². The van der Waals surface area contributed by atoms with Crippen LogP contribution < -0.4 is 10.1 Å². The van der Waals surface area contributed by atoms with Gasteiger partial charge in [0.05, 0.1) is 7.11 Å². The molecule has 26 heavy (non-hydrogen) atoms. The van der Waals surface area contributed by atoms with E-state index in [4.69, 9.17) is 21.1 Å². The summed E-state index contributed by atoms with van der Waals surface area (Å²) in [5.74, 6) is -0.999. The summed E-state index contributed by atoms with van der Waals surface area (Å²) in [6.07, 6.45) is -1.04. The van der Waals surface area contributed by atoms with Gasteiger partial charge in [-0.1, -0.05) is 11.6 Å². The number of methoxy groups -OCH3 is 1. The highest BCUT2D eigenvalue weighted by atomic mass is 35.5. The van der Waals surface area contributed by atoms with E-state index in [9.17, 15) is 14.4 Å². The molecule has 2 aromatic rings. The van der Waals surface area contributed by atoms with E-state index in [-0.39, 0.29) is 11.3 Å². The fraction of sp³-hybridized carbons (Fsp3) is 0.211. The number of anilines is 1. The Morgan fingerprint density at radius 1 is 1.08 bits per heavy atom. The molecule has 0 aliphatic heterocycles. The molecule has 1 amide bonds. The first-order chi connectivity index (χ1) is 12.3. The predicted octanol–water partition coefficient (Wildman–Crippen LogP) is 3.74. The van der Waals surface area contributed by atoms with Crippen LogP contribution in [0.5, 0.6) is 5.75 Å². The van der Waals surface area contributed by atoms with E-state index in [1.165, 1.54) is 27.0 Å². The number of halogens is 1. The number of Topliss-reactive ketones (excluding diaryl/α,β-unsaturated/α-hetero) is 1. The average Bonchev–Trinajstić information content (AvgIpc) is 2.61. The molecule has 0 spiro atoms. The van der Waals surface area contributed by atoms with Crippen LogP contribution in [0.4, 0.5) is 5.69 Å². The first-order valence-corrected chi connectivity index (χ1v) is 8.16. The van der Waals surface area contributed by atoms with Crippen molar-refractivity contribution >= 4 is 34.9 Å². The quantitative estimate of drug-likeness (QED) is 0.614. The van der Waals surface area contributed by atoms with Crippen molar-refractivity contribution in [3.63, 3.8) is 0 Å². The largest absolute Gasteiger partial charge is 0.496 e. The van der Waals surface area contributed by atoms with Gasteiger partial charge in [-0.3, -0.25) is 9.59 Å². The number of hydrogen-bond donors (Lipinski definition) is 1. The number of esters is 1. The highest BCUT2D eigenvalue weighted by molar-refractivity contribution is 6.31. The van der Waals surface area contributed by atoms with Crippen molar-refractivity contribution in [2.75, 3.05) is 12.4 Å². The zero-order chi connectivity index (χ0) is 19.3.